The molecule has 228 valence electrons. The molecule has 1 atom stereocenters. The summed E-state index contributed by atoms with van der Waals surface area (Å²) >= 11 is 1.76. The fourth-order valence-electron chi connectivity index (χ4n) is 4.90. The van der Waals surface area contributed by atoms with Gasteiger partial charge in [-0.15, -0.1) is 0 Å². The molecule has 0 amide bonds. The topological polar surface area (TPSA) is 78.4 Å². The van der Waals surface area contributed by atoms with E-state index in [1.165, 1.54) is 20.9 Å². The van der Waals surface area contributed by atoms with Gasteiger partial charge >= 0.3 is 0 Å². The second-order valence-electron chi connectivity index (χ2n) is 10.2. The molecule has 46 heavy (non-hydrogen) atoms. The van der Waals surface area contributed by atoms with Crippen LogP contribution in [0.4, 0.5) is 0 Å². The Hall–Kier alpha value is -4.24. The van der Waals surface area contributed by atoms with Crippen molar-refractivity contribution >= 4 is 42.1 Å². The van der Waals surface area contributed by atoms with Crippen LogP contribution in [0.2, 0.25) is 0 Å². The van der Waals surface area contributed by atoms with Crippen molar-refractivity contribution in [1.82, 2.24) is 0 Å². The molecule has 0 bridgehead atoms. The van der Waals surface area contributed by atoms with E-state index in [4.69, 9.17) is 3.74 Å². The molecule has 7 heteroatoms. The summed E-state index contributed by atoms with van der Waals surface area (Å²) in [6.07, 6.45) is 18.1. The van der Waals surface area contributed by atoms with Crippen LogP contribution in [0.1, 0.15) is 22.3 Å². The number of benzene rings is 4. The minimum absolute atomic E-state index is 0.608. The summed E-state index contributed by atoms with van der Waals surface area (Å²) in [5.41, 5.74) is 5.82. The lowest BCUT2D eigenvalue weighted by molar-refractivity contribution is -1.91. The summed E-state index contributed by atoms with van der Waals surface area (Å²) in [6, 6.07) is 39.5. The molecule has 0 fully saturated rings. The Morgan fingerprint density at radius 3 is 1.57 bits per heavy atom. The average Bonchev–Trinajstić information content (AvgIpc) is 3.09. The van der Waals surface area contributed by atoms with Gasteiger partial charge in [-0.2, -0.15) is 14.0 Å². The molecule has 4 aromatic rings. The van der Waals surface area contributed by atoms with Crippen LogP contribution in [-0.4, -0.2) is 4.86 Å². The summed E-state index contributed by atoms with van der Waals surface area (Å²) in [4.78, 5) is 3.58. The minimum atomic E-state index is -4.67. The molecule has 0 radical (unpaired) electrons. The molecule has 0 saturated carbocycles. The molecule has 2 heterocycles. The van der Waals surface area contributed by atoms with E-state index in [1.807, 2.05) is 109 Å². The highest BCUT2D eigenvalue weighted by Crippen LogP contribution is 2.45. The summed E-state index contributed by atoms with van der Waals surface area (Å²) in [6.45, 7) is 0. The number of rotatable bonds is 9. The van der Waals surface area contributed by atoms with Gasteiger partial charge in [0.2, 0.25) is 0 Å². The van der Waals surface area contributed by atoms with Crippen LogP contribution in [0.15, 0.2) is 187 Å². The van der Waals surface area contributed by atoms with Crippen LogP contribution in [0, 0.1) is 10.2 Å². The smallest absolute Gasteiger partial charge is 0.148 e. The fraction of sp³-hybridized carbons (Fsp3) is 0. The van der Waals surface area contributed by atoms with Gasteiger partial charge in [0, 0.05) is 9.81 Å². The van der Waals surface area contributed by atoms with E-state index in [1.54, 1.807) is 11.8 Å². The lowest BCUT2D eigenvalue weighted by Gasteiger charge is -2.21. The van der Waals surface area contributed by atoms with Gasteiger partial charge in [0.05, 0.1) is 20.0 Å². The minimum Gasteiger partial charge on any atom is -0.182 e. The van der Waals surface area contributed by atoms with Crippen molar-refractivity contribution < 1.29 is 28.0 Å². The molecule has 4 aromatic carbocycles. The molecule has 1 unspecified atom stereocenters. The molecular formula is C39H29ClO4S2. The first-order valence-corrected chi connectivity index (χ1v) is 17.7. The number of thioether (sulfide) groups is 1. The van der Waals surface area contributed by atoms with E-state index >= 15 is 0 Å². The maximum atomic E-state index is 11.8. The number of hydrogen-bond acceptors (Lipinski definition) is 5. The lowest BCUT2D eigenvalue weighted by Crippen LogP contribution is -2.60. The van der Waals surface area contributed by atoms with Gasteiger partial charge in [0.25, 0.3) is 0 Å². The van der Waals surface area contributed by atoms with Crippen molar-refractivity contribution in [2.45, 2.75) is 0 Å². The van der Waals surface area contributed by atoms with Gasteiger partial charge in [0.1, 0.15) is 14.5 Å². The second kappa shape index (κ2) is 14.9. The molecule has 0 saturated heterocycles. The molecule has 4 nitrogen and oxygen atoms in total. The van der Waals surface area contributed by atoms with Gasteiger partial charge in [-0.1, -0.05) is 163 Å². The summed E-state index contributed by atoms with van der Waals surface area (Å²) < 4.78 is 40.6. The van der Waals surface area contributed by atoms with E-state index in [2.05, 4.69) is 66.8 Å². The summed E-state index contributed by atoms with van der Waals surface area (Å²) in [5.74, 6) is 0. The van der Waals surface area contributed by atoms with E-state index in [-0.39, 0.29) is 0 Å². The second-order valence-corrected chi connectivity index (χ2v) is 14.0. The van der Waals surface area contributed by atoms with Gasteiger partial charge < -0.3 is 0 Å². The van der Waals surface area contributed by atoms with E-state index in [0.29, 0.717) is 9.77 Å². The highest BCUT2D eigenvalue weighted by molar-refractivity contribution is 8.20. The third-order valence-electron chi connectivity index (χ3n) is 6.98. The van der Waals surface area contributed by atoms with Crippen LogP contribution >= 0.6 is 22.5 Å². The predicted molar refractivity (Wildman–Crippen MR) is 185 cm³/mol. The van der Waals surface area contributed by atoms with Crippen molar-refractivity contribution in [3.8, 4) is 0 Å². The molecule has 2 aliphatic rings. The van der Waals surface area contributed by atoms with Gasteiger partial charge in [-0.25, -0.2) is 0 Å². The quantitative estimate of drug-likeness (QED) is 0.141. The SMILES string of the molecule is [O-][Cl+3]([O-])([O-])OS1=C(c2ccccc2)C=C(/C=C/C=C/C=C2C=C(c3ccccc3)SC(c3ccccc3)=C2)C=C1c1ccccc1. The molecule has 6 rings (SSSR count). The number of halogens is 1. The maximum absolute atomic E-state index is 11.8. The van der Waals surface area contributed by atoms with Gasteiger partial charge in [0.15, 0.2) is 0 Å². The van der Waals surface area contributed by atoms with Gasteiger partial charge in [-0.05, 0) is 57.7 Å². The van der Waals surface area contributed by atoms with Crippen LogP contribution in [0.25, 0.3) is 14.7 Å². The monoisotopic (exact) mass is 660 g/mol. The zero-order chi connectivity index (χ0) is 31.8. The highest BCUT2D eigenvalue weighted by atomic mass is 35.7. The Bertz CT molecular complexity index is 1880. The normalized spacial score (nSPS) is 17.1. The highest BCUT2D eigenvalue weighted by Gasteiger charge is 2.31. The molecule has 2 aliphatic heterocycles. The zero-order valence-electron chi connectivity index (χ0n) is 24.6. The Kier molecular flexibility index (Phi) is 10.3. The van der Waals surface area contributed by atoms with Crippen molar-refractivity contribution in [3.05, 3.63) is 209 Å². The third kappa shape index (κ3) is 8.31. The molecule has 0 spiro atoms. The largest absolute Gasteiger partial charge is 0.182 e. The number of hydrogen-bond donors (Lipinski definition) is 0. The molecule has 0 N–H and O–H groups in total. The molecular weight excluding hydrogens is 632 g/mol. The van der Waals surface area contributed by atoms with Crippen molar-refractivity contribution in [2.75, 3.05) is 0 Å². The van der Waals surface area contributed by atoms with Gasteiger partial charge in [-0.3, -0.25) is 0 Å². The Labute approximate surface area is 278 Å². The van der Waals surface area contributed by atoms with E-state index in [9.17, 15) is 14.0 Å². The fourth-order valence-corrected chi connectivity index (χ4v) is 8.62. The van der Waals surface area contributed by atoms with Crippen molar-refractivity contribution in [3.63, 3.8) is 0 Å². The molecule has 0 aliphatic carbocycles. The Balaban J connectivity index is 1.33. The third-order valence-corrected chi connectivity index (χ3v) is 10.8. The summed E-state index contributed by atoms with van der Waals surface area (Å²) in [5, 5.41) is 0. The van der Waals surface area contributed by atoms with Crippen molar-refractivity contribution in [2.24, 2.45) is 0 Å². The maximum Gasteiger partial charge on any atom is 0.148 e. The van der Waals surface area contributed by atoms with E-state index in [0.717, 1.165) is 22.3 Å². The number of allylic oxidation sites excluding steroid dienone is 11. The Morgan fingerprint density at radius 1 is 0.543 bits per heavy atom. The first-order valence-electron chi connectivity index (χ1n) is 14.5. The van der Waals surface area contributed by atoms with Crippen LogP contribution in [-0.2, 0) is 3.74 Å². The Morgan fingerprint density at radius 2 is 1.04 bits per heavy atom. The first-order chi connectivity index (χ1) is 22.4. The van der Waals surface area contributed by atoms with Crippen LogP contribution < -0.4 is 14.0 Å². The predicted octanol–water partition coefficient (Wildman–Crippen LogP) is 7.15. The lowest BCUT2D eigenvalue weighted by atomic mass is 10.1. The van der Waals surface area contributed by atoms with E-state index < -0.39 is 21.0 Å². The first kappa shape index (κ1) is 31.7. The average molecular weight is 661 g/mol. The van der Waals surface area contributed by atoms with Crippen LogP contribution in [0.3, 0.4) is 0 Å². The standard InChI is InChI=1S/C39H29ClO4S2/c41-40(42,43)44-46-38(34-22-12-4-13-23-34)28-31(29-39(46)35-24-14-5-15-25-35)17-7-1-6-16-30-26-36(32-18-8-2-9-19-32)45-37(27-30)33-20-10-3-11-21-33/h1-29H/b6-1+,17-7+. The summed E-state index contributed by atoms with van der Waals surface area (Å²) in [7, 11) is -6.12. The van der Waals surface area contributed by atoms with Crippen molar-refractivity contribution in [1.29, 1.82) is 0 Å². The molecule has 0 aromatic heterocycles. The van der Waals surface area contributed by atoms with Crippen LogP contribution in [0.5, 0.6) is 0 Å². The zero-order valence-corrected chi connectivity index (χ0v) is 27.0.